The average molecular weight is 268 g/mol. The summed E-state index contributed by atoms with van der Waals surface area (Å²) in [5.74, 6) is 0. The molecule has 0 unspecified atom stereocenters. The summed E-state index contributed by atoms with van der Waals surface area (Å²) in [6.45, 7) is 4.51. The zero-order valence-electron chi connectivity index (χ0n) is 12.8. The normalized spacial score (nSPS) is 10.7. The lowest BCUT2D eigenvalue weighted by molar-refractivity contribution is -0.596. The molecule has 0 amide bonds. The molecule has 0 atom stereocenters. The zero-order chi connectivity index (χ0) is 14.2. The predicted octanol–water partition coefficient (Wildman–Crippen LogP) is 4.65. The third kappa shape index (κ3) is 4.19. The first-order valence-corrected chi connectivity index (χ1v) is 7.93. The van der Waals surface area contributed by atoms with Crippen LogP contribution in [0.4, 0.5) is 0 Å². The van der Waals surface area contributed by atoms with E-state index in [0.717, 1.165) is 0 Å². The van der Waals surface area contributed by atoms with Crippen LogP contribution in [0.25, 0.3) is 5.69 Å². The number of unbranched alkanes of at least 4 members (excludes halogenated alkanes) is 2. The highest BCUT2D eigenvalue weighted by Crippen LogP contribution is 2.10. The predicted molar refractivity (Wildman–Crippen MR) is 85.2 cm³/mol. The number of para-hydroxylation sites is 1. The van der Waals surface area contributed by atoms with Crippen molar-refractivity contribution in [2.24, 2.45) is 0 Å². The van der Waals surface area contributed by atoms with Crippen molar-refractivity contribution in [3.8, 4) is 5.69 Å². The number of rotatable bonds is 7. The van der Waals surface area contributed by atoms with Crippen LogP contribution in [-0.2, 0) is 12.8 Å². The van der Waals surface area contributed by atoms with Crippen LogP contribution < -0.4 is 4.57 Å². The third-order valence-electron chi connectivity index (χ3n) is 3.67. The quantitative estimate of drug-likeness (QED) is 0.644. The van der Waals surface area contributed by atoms with Crippen LogP contribution in [0.15, 0.2) is 48.8 Å². The Morgan fingerprint density at radius 3 is 1.85 bits per heavy atom. The molecule has 0 aliphatic carbocycles. The summed E-state index contributed by atoms with van der Waals surface area (Å²) >= 11 is 0. The van der Waals surface area contributed by atoms with Crippen LogP contribution >= 0.6 is 0 Å². The molecule has 0 saturated heterocycles. The van der Waals surface area contributed by atoms with Crippen molar-refractivity contribution < 1.29 is 4.57 Å². The van der Waals surface area contributed by atoms with Gasteiger partial charge in [0.1, 0.15) is 0 Å². The Bertz CT molecular complexity index is 490. The zero-order valence-corrected chi connectivity index (χ0v) is 12.8. The van der Waals surface area contributed by atoms with Gasteiger partial charge in [0, 0.05) is 23.3 Å². The van der Waals surface area contributed by atoms with Crippen LogP contribution in [0.2, 0.25) is 0 Å². The number of hydrogen-bond acceptors (Lipinski definition) is 0. The maximum Gasteiger partial charge on any atom is 0.210 e. The minimum atomic E-state index is 1.18. The molecule has 1 nitrogen and oxygen atoms in total. The van der Waals surface area contributed by atoms with Crippen molar-refractivity contribution in [2.75, 3.05) is 0 Å². The van der Waals surface area contributed by atoms with Crippen molar-refractivity contribution in [3.05, 3.63) is 59.9 Å². The van der Waals surface area contributed by atoms with Crippen LogP contribution in [0.3, 0.4) is 0 Å². The number of aromatic nitrogens is 1. The van der Waals surface area contributed by atoms with Gasteiger partial charge in [-0.1, -0.05) is 44.9 Å². The van der Waals surface area contributed by atoms with Gasteiger partial charge in [-0.25, -0.2) is 0 Å². The van der Waals surface area contributed by atoms with Gasteiger partial charge in [0.05, 0.1) is 0 Å². The van der Waals surface area contributed by atoms with E-state index in [4.69, 9.17) is 0 Å². The summed E-state index contributed by atoms with van der Waals surface area (Å²) in [5, 5.41) is 0. The molecule has 0 radical (unpaired) electrons. The van der Waals surface area contributed by atoms with Gasteiger partial charge in [0.25, 0.3) is 0 Å². The van der Waals surface area contributed by atoms with Crippen molar-refractivity contribution in [2.45, 2.75) is 52.4 Å². The molecule has 0 saturated carbocycles. The third-order valence-corrected chi connectivity index (χ3v) is 3.67. The van der Waals surface area contributed by atoms with E-state index >= 15 is 0 Å². The molecular weight excluding hydrogens is 242 g/mol. The molecule has 20 heavy (non-hydrogen) atoms. The molecule has 0 bridgehead atoms. The maximum atomic E-state index is 2.39. The fraction of sp³-hybridized carbons (Fsp3) is 0.421. The van der Waals surface area contributed by atoms with Gasteiger partial charge in [-0.2, -0.15) is 4.57 Å². The maximum absolute atomic E-state index is 2.39. The highest BCUT2D eigenvalue weighted by molar-refractivity contribution is 5.24. The first-order valence-electron chi connectivity index (χ1n) is 7.93. The van der Waals surface area contributed by atoms with Gasteiger partial charge >= 0.3 is 0 Å². The smallest absolute Gasteiger partial charge is 0.167 e. The number of aryl methyl sites for hydroxylation is 2. The molecule has 0 aliphatic heterocycles. The van der Waals surface area contributed by atoms with Crippen molar-refractivity contribution in [3.63, 3.8) is 0 Å². The second-order valence-electron chi connectivity index (χ2n) is 5.50. The summed E-state index contributed by atoms with van der Waals surface area (Å²) < 4.78 is 2.29. The van der Waals surface area contributed by atoms with Gasteiger partial charge in [-0.3, -0.25) is 0 Å². The van der Waals surface area contributed by atoms with Crippen LogP contribution in [-0.4, -0.2) is 0 Å². The fourth-order valence-electron chi connectivity index (χ4n) is 2.49. The van der Waals surface area contributed by atoms with Crippen LogP contribution in [0.1, 0.15) is 50.7 Å². The van der Waals surface area contributed by atoms with E-state index < -0.39 is 0 Å². The van der Waals surface area contributed by atoms with Gasteiger partial charge in [-0.15, -0.1) is 0 Å². The van der Waals surface area contributed by atoms with E-state index in [-0.39, 0.29) is 0 Å². The lowest BCUT2D eigenvalue weighted by Gasteiger charge is -2.05. The highest BCUT2D eigenvalue weighted by Gasteiger charge is 2.10. The minimum Gasteiger partial charge on any atom is -0.167 e. The SMILES string of the molecule is CCCCc1cc(CCCC)c[n+](-c2ccccc2)c1. The van der Waals surface area contributed by atoms with E-state index in [0.29, 0.717) is 0 Å². The molecule has 1 heteroatoms. The molecule has 2 aromatic rings. The second kappa shape index (κ2) is 7.84. The fourth-order valence-corrected chi connectivity index (χ4v) is 2.49. The van der Waals surface area contributed by atoms with Gasteiger partial charge in [-0.05, 0) is 31.7 Å². The molecule has 0 aliphatic rings. The Morgan fingerprint density at radius 1 is 0.800 bits per heavy atom. The van der Waals surface area contributed by atoms with Crippen molar-refractivity contribution in [1.29, 1.82) is 0 Å². The molecule has 1 aromatic carbocycles. The lowest BCUT2D eigenvalue weighted by atomic mass is 10.0. The largest absolute Gasteiger partial charge is 0.210 e. The summed E-state index contributed by atoms with van der Waals surface area (Å²) in [5.41, 5.74) is 4.18. The van der Waals surface area contributed by atoms with E-state index in [1.807, 2.05) is 0 Å². The second-order valence-corrected chi connectivity index (χ2v) is 5.50. The summed E-state index contributed by atoms with van der Waals surface area (Å²) in [7, 11) is 0. The summed E-state index contributed by atoms with van der Waals surface area (Å²) in [6.07, 6.45) is 12.0. The van der Waals surface area contributed by atoms with Crippen molar-refractivity contribution >= 4 is 0 Å². The highest BCUT2D eigenvalue weighted by atomic mass is 14.9. The van der Waals surface area contributed by atoms with E-state index in [9.17, 15) is 0 Å². The summed E-state index contributed by atoms with van der Waals surface area (Å²) in [6, 6.07) is 13.0. The molecule has 106 valence electrons. The first-order chi connectivity index (χ1) is 9.83. The topological polar surface area (TPSA) is 3.88 Å². The Hall–Kier alpha value is -1.63. The van der Waals surface area contributed by atoms with Crippen LogP contribution in [0.5, 0.6) is 0 Å². The van der Waals surface area contributed by atoms with E-state index in [1.54, 1.807) is 0 Å². The summed E-state index contributed by atoms with van der Waals surface area (Å²) in [4.78, 5) is 0. The number of benzene rings is 1. The van der Waals surface area contributed by atoms with Gasteiger partial charge < -0.3 is 0 Å². The Kier molecular flexibility index (Phi) is 5.79. The number of pyridine rings is 1. The molecule has 0 N–H and O–H groups in total. The van der Waals surface area contributed by atoms with Crippen molar-refractivity contribution in [1.82, 2.24) is 0 Å². The monoisotopic (exact) mass is 268 g/mol. The molecular formula is C19H26N+. The molecule has 1 aromatic heterocycles. The van der Waals surface area contributed by atoms with Crippen LogP contribution in [0, 0.1) is 0 Å². The molecule has 0 spiro atoms. The molecule has 1 heterocycles. The minimum absolute atomic E-state index is 1.18. The number of hydrogen-bond donors (Lipinski definition) is 0. The average Bonchev–Trinajstić information content (AvgIpc) is 2.51. The van der Waals surface area contributed by atoms with E-state index in [2.05, 4.69) is 67.2 Å². The number of nitrogens with zero attached hydrogens (tertiary/aromatic N) is 1. The van der Waals surface area contributed by atoms with Gasteiger partial charge in [0.2, 0.25) is 5.69 Å². The Balaban J connectivity index is 2.29. The Morgan fingerprint density at radius 2 is 1.35 bits per heavy atom. The lowest BCUT2D eigenvalue weighted by Crippen LogP contribution is -2.31. The molecule has 2 rings (SSSR count). The first kappa shape index (κ1) is 14.8. The Labute approximate surface area is 123 Å². The molecule has 0 fully saturated rings. The van der Waals surface area contributed by atoms with Gasteiger partial charge in [0.15, 0.2) is 12.4 Å². The van der Waals surface area contributed by atoms with E-state index in [1.165, 1.54) is 55.3 Å². The standard InChI is InChI=1S/C19H26N/c1-3-5-10-17-14-18(11-6-4-2)16-20(15-17)19-12-8-7-9-13-19/h7-9,12-16H,3-6,10-11H2,1-2H3/q+1.